The average molecular weight is 264 g/mol. The second-order valence-electron chi connectivity index (χ2n) is 4.69. The van der Waals surface area contributed by atoms with Crippen LogP contribution in [0, 0.1) is 0 Å². The van der Waals surface area contributed by atoms with E-state index in [0.29, 0.717) is 13.2 Å². The van der Waals surface area contributed by atoms with Crippen LogP contribution < -0.4 is 0 Å². The first-order valence-corrected chi connectivity index (χ1v) is 7.58. The lowest BCUT2D eigenvalue weighted by atomic mass is 10.0. The van der Waals surface area contributed by atoms with Gasteiger partial charge in [-0.05, 0) is 25.7 Å². The van der Waals surface area contributed by atoms with Crippen LogP contribution in [0.3, 0.4) is 0 Å². The highest BCUT2D eigenvalue weighted by atomic mass is 32.2. The second kappa shape index (κ2) is 6.68. The minimum atomic E-state index is -3.26. The van der Waals surface area contributed by atoms with Gasteiger partial charge in [0.1, 0.15) is 0 Å². The van der Waals surface area contributed by atoms with Crippen molar-refractivity contribution in [1.82, 2.24) is 8.61 Å². The van der Waals surface area contributed by atoms with Crippen molar-refractivity contribution in [2.75, 3.05) is 34.4 Å². The van der Waals surface area contributed by atoms with Crippen molar-refractivity contribution in [3.63, 3.8) is 0 Å². The van der Waals surface area contributed by atoms with E-state index in [1.165, 1.54) is 4.31 Å². The topological polar surface area (TPSA) is 49.9 Å². The third-order valence-electron chi connectivity index (χ3n) is 3.22. The molecule has 1 unspecified atom stereocenters. The number of nitrogens with zero attached hydrogens (tertiary/aromatic N) is 2. The third kappa shape index (κ3) is 3.91. The maximum atomic E-state index is 12.1. The lowest BCUT2D eigenvalue weighted by molar-refractivity contribution is 0.169. The fourth-order valence-electron chi connectivity index (χ4n) is 2.24. The van der Waals surface area contributed by atoms with Gasteiger partial charge < -0.3 is 4.74 Å². The smallest absolute Gasteiger partial charge is 0.281 e. The van der Waals surface area contributed by atoms with E-state index in [4.69, 9.17) is 4.74 Å². The molecule has 0 aromatic heterocycles. The number of piperidine rings is 1. The van der Waals surface area contributed by atoms with E-state index in [1.54, 1.807) is 25.5 Å². The highest BCUT2D eigenvalue weighted by Crippen LogP contribution is 2.24. The quantitative estimate of drug-likeness (QED) is 0.674. The van der Waals surface area contributed by atoms with Gasteiger partial charge in [-0.2, -0.15) is 17.0 Å². The molecule has 0 radical (unpaired) electrons. The van der Waals surface area contributed by atoms with Crippen LogP contribution in [0.15, 0.2) is 0 Å². The highest BCUT2D eigenvalue weighted by Gasteiger charge is 2.33. The van der Waals surface area contributed by atoms with Crippen LogP contribution in [0.2, 0.25) is 0 Å². The maximum Gasteiger partial charge on any atom is 0.281 e. The Morgan fingerprint density at radius 3 is 2.65 bits per heavy atom. The minimum absolute atomic E-state index is 0.145. The van der Waals surface area contributed by atoms with Gasteiger partial charge in [0.2, 0.25) is 0 Å². The predicted molar refractivity (Wildman–Crippen MR) is 68.1 cm³/mol. The first-order valence-electron chi connectivity index (χ1n) is 6.18. The first kappa shape index (κ1) is 14.9. The molecule has 0 saturated carbocycles. The molecule has 1 aliphatic heterocycles. The number of rotatable bonds is 6. The number of methoxy groups -OCH3 is 1. The molecule has 0 N–H and O–H groups in total. The van der Waals surface area contributed by atoms with Crippen molar-refractivity contribution >= 4 is 10.2 Å². The summed E-state index contributed by atoms with van der Waals surface area (Å²) >= 11 is 0. The molecule has 1 heterocycles. The Balaban J connectivity index is 2.66. The predicted octanol–water partition coefficient (Wildman–Crippen LogP) is 1.07. The summed E-state index contributed by atoms with van der Waals surface area (Å²) in [5, 5.41) is 0. The summed E-state index contributed by atoms with van der Waals surface area (Å²) in [5.74, 6) is 0. The Labute approximate surface area is 105 Å². The SMILES string of the molecule is COCCCC1CCCCN1S(=O)(=O)N(C)C. The molecule has 6 heteroatoms. The Kier molecular flexibility index (Phi) is 5.85. The lowest BCUT2D eigenvalue weighted by Gasteiger charge is -2.36. The Bertz CT molecular complexity index is 317. The summed E-state index contributed by atoms with van der Waals surface area (Å²) < 4.78 is 32.3. The Morgan fingerprint density at radius 1 is 1.35 bits per heavy atom. The first-order chi connectivity index (χ1) is 8.00. The monoisotopic (exact) mass is 264 g/mol. The summed E-state index contributed by atoms with van der Waals surface area (Å²) in [6, 6.07) is 0.145. The third-order valence-corrected chi connectivity index (χ3v) is 5.21. The van der Waals surface area contributed by atoms with Gasteiger partial charge in [0.25, 0.3) is 10.2 Å². The second-order valence-corrected chi connectivity index (χ2v) is 6.78. The molecule has 0 amide bonds. The van der Waals surface area contributed by atoms with Crippen LogP contribution >= 0.6 is 0 Å². The standard InChI is InChI=1S/C11H24N2O3S/c1-12(2)17(14,15)13-9-5-4-7-11(13)8-6-10-16-3/h11H,4-10H2,1-3H3. The number of ether oxygens (including phenoxy) is 1. The zero-order valence-electron chi connectivity index (χ0n) is 11.1. The van der Waals surface area contributed by atoms with E-state index in [-0.39, 0.29) is 6.04 Å². The number of hydrogen-bond donors (Lipinski definition) is 0. The summed E-state index contributed by atoms with van der Waals surface area (Å²) in [4.78, 5) is 0. The normalized spacial score (nSPS) is 23.2. The van der Waals surface area contributed by atoms with Gasteiger partial charge in [-0.1, -0.05) is 6.42 Å². The molecule has 1 aliphatic rings. The van der Waals surface area contributed by atoms with Crippen molar-refractivity contribution in [2.45, 2.75) is 38.1 Å². The molecule has 102 valence electrons. The molecular weight excluding hydrogens is 240 g/mol. The molecule has 1 fully saturated rings. The van der Waals surface area contributed by atoms with Gasteiger partial charge in [-0.15, -0.1) is 0 Å². The van der Waals surface area contributed by atoms with Gasteiger partial charge >= 0.3 is 0 Å². The molecule has 1 saturated heterocycles. The molecule has 5 nitrogen and oxygen atoms in total. The molecule has 0 aromatic carbocycles. The number of hydrogen-bond acceptors (Lipinski definition) is 3. The van der Waals surface area contributed by atoms with Gasteiger partial charge in [0.05, 0.1) is 0 Å². The highest BCUT2D eigenvalue weighted by molar-refractivity contribution is 7.86. The van der Waals surface area contributed by atoms with E-state index in [2.05, 4.69) is 0 Å². The van der Waals surface area contributed by atoms with E-state index >= 15 is 0 Å². The fourth-order valence-corrected chi connectivity index (χ4v) is 3.61. The van der Waals surface area contributed by atoms with Crippen LogP contribution in [0.25, 0.3) is 0 Å². The Hall–Kier alpha value is -0.170. The van der Waals surface area contributed by atoms with E-state index in [1.807, 2.05) is 0 Å². The lowest BCUT2D eigenvalue weighted by Crippen LogP contribution is -2.48. The van der Waals surface area contributed by atoms with E-state index in [9.17, 15) is 8.42 Å². The van der Waals surface area contributed by atoms with Crippen LogP contribution in [0.4, 0.5) is 0 Å². The molecule has 0 spiro atoms. The molecule has 0 aliphatic carbocycles. The summed E-state index contributed by atoms with van der Waals surface area (Å²) in [6.07, 6.45) is 4.86. The van der Waals surface area contributed by atoms with Crippen LogP contribution in [-0.2, 0) is 14.9 Å². The molecular formula is C11H24N2O3S. The maximum absolute atomic E-state index is 12.1. The van der Waals surface area contributed by atoms with Crippen LogP contribution in [-0.4, -0.2) is 57.4 Å². The van der Waals surface area contributed by atoms with Crippen LogP contribution in [0.1, 0.15) is 32.1 Å². The van der Waals surface area contributed by atoms with Gasteiger partial charge in [-0.3, -0.25) is 0 Å². The van der Waals surface area contributed by atoms with Gasteiger partial charge in [-0.25, -0.2) is 0 Å². The summed E-state index contributed by atoms with van der Waals surface area (Å²) in [7, 11) is 1.60. The van der Waals surface area contributed by atoms with Gasteiger partial charge in [0.15, 0.2) is 0 Å². The van der Waals surface area contributed by atoms with Crippen molar-refractivity contribution < 1.29 is 13.2 Å². The van der Waals surface area contributed by atoms with Crippen molar-refractivity contribution in [2.24, 2.45) is 0 Å². The Morgan fingerprint density at radius 2 is 2.06 bits per heavy atom. The van der Waals surface area contributed by atoms with Gasteiger partial charge in [0, 0.05) is 40.4 Å². The molecule has 1 rings (SSSR count). The van der Waals surface area contributed by atoms with Crippen molar-refractivity contribution in [3.8, 4) is 0 Å². The summed E-state index contributed by atoms with van der Waals surface area (Å²) in [6.45, 7) is 1.35. The fraction of sp³-hybridized carbons (Fsp3) is 1.00. The molecule has 0 bridgehead atoms. The minimum Gasteiger partial charge on any atom is -0.385 e. The van der Waals surface area contributed by atoms with Crippen molar-refractivity contribution in [1.29, 1.82) is 0 Å². The molecule has 17 heavy (non-hydrogen) atoms. The average Bonchev–Trinajstić information content (AvgIpc) is 2.29. The van der Waals surface area contributed by atoms with E-state index in [0.717, 1.165) is 32.1 Å². The van der Waals surface area contributed by atoms with Crippen molar-refractivity contribution in [3.05, 3.63) is 0 Å². The zero-order valence-corrected chi connectivity index (χ0v) is 11.9. The largest absolute Gasteiger partial charge is 0.385 e. The zero-order chi connectivity index (χ0) is 12.9. The molecule has 0 aromatic rings. The van der Waals surface area contributed by atoms with E-state index < -0.39 is 10.2 Å². The summed E-state index contributed by atoms with van der Waals surface area (Å²) in [5.41, 5.74) is 0. The molecule has 1 atom stereocenters. The van der Waals surface area contributed by atoms with Crippen LogP contribution in [0.5, 0.6) is 0 Å².